The van der Waals surface area contributed by atoms with Gasteiger partial charge >= 0.3 is 0 Å². The van der Waals surface area contributed by atoms with Crippen LogP contribution in [0.5, 0.6) is 0 Å². The van der Waals surface area contributed by atoms with Crippen LogP contribution in [0.25, 0.3) is 5.57 Å². The van der Waals surface area contributed by atoms with E-state index in [0.717, 1.165) is 37.9 Å². The second-order valence-electron chi connectivity index (χ2n) is 7.38. The van der Waals surface area contributed by atoms with Crippen molar-refractivity contribution in [1.82, 2.24) is 9.80 Å². The molecule has 0 radical (unpaired) electrons. The molecule has 2 aliphatic rings. The van der Waals surface area contributed by atoms with E-state index in [2.05, 4.69) is 29.2 Å². The molecule has 1 fully saturated rings. The molecule has 0 saturated carbocycles. The van der Waals surface area contributed by atoms with Crippen LogP contribution in [0.4, 0.5) is 0 Å². The molecule has 0 aromatic heterocycles. The summed E-state index contributed by atoms with van der Waals surface area (Å²) in [4.78, 5) is 28.8. The predicted octanol–water partition coefficient (Wildman–Crippen LogP) is 3.35. The van der Waals surface area contributed by atoms with E-state index in [0.29, 0.717) is 17.2 Å². The normalized spacial score (nSPS) is 18.6. The van der Waals surface area contributed by atoms with Crippen LogP contribution in [-0.2, 0) is 16.0 Å². The van der Waals surface area contributed by atoms with E-state index >= 15 is 0 Å². The third-order valence-corrected chi connectivity index (χ3v) is 5.62. The Kier molecular flexibility index (Phi) is 4.80. The average Bonchev–Trinajstić information content (AvgIpc) is 2.94. The molecule has 0 atom stereocenters. The number of hydrogen-bond acceptors (Lipinski definition) is 3. The van der Waals surface area contributed by atoms with Crippen LogP contribution < -0.4 is 0 Å². The smallest absolute Gasteiger partial charge is 0.277 e. The van der Waals surface area contributed by atoms with Gasteiger partial charge in [-0.3, -0.25) is 14.5 Å². The highest BCUT2D eigenvalue weighted by Gasteiger charge is 2.40. The van der Waals surface area contributed by atoms with Gasteiger partial charge in [-0.1, -0.05) is 60.7 Å². The Morgan fingerprint density at radius 3 is 2.07 bits per heavy atom. The number of amides is 2. The number of imide groups is 1. The van der Waals surface area contributed by atoms with E-state index < -0.39 is 0 Å². The summed E-state index contributed by atoms with van der Waals surface area (Å²) >= 11 is 0. The van der Waals surface area contributed by atoms with Gasteiger partial charge in [0, 0.05) is 20.1 Å². The lowest BCUT2D eigenvalue weighted by Gasteiger charge is -2.34. The van der Waals surface area contributed by atoms with Crippen molar-refractivity contribution >= 4 is 17.4 Å². The monoisotopic (exact) mass is 360 g/mol. The highest BCUT2D eigenvalue weighted by molar-refractivity contribution is 6.35. The van der Waals surface area contributed by atoms with Gasteiger partial charge in [0.25, 0.3) is 11.8 Å². The summed E-state index contributed by atoms with van der Waals surface area (Å²) in [5, 5.41) is 0. The molecule has 2 amide bonds. The topological polar surface area (TPSA) is 40.6 Å². The third-order valence-electron chi connectivity index (χ3n) is 5.62. The average molecular weight is 360 g/mol. The molecular weight excluding hydrogens is 336 g/mol. The summed E-state index contributed by atoms with van der Waals surface area (Å²) in [6, 6.07) is 20.1. The quantitative estimate of drug-likeness (QED) is 0.785. The number of piperidine rings is 1. The van der Waals surface area contributed by atoms with Crippen LogP contribution in [0.3, 0.4) is 0 Å². The van der Waals surface area contributed by atoms with Crippen molar-refractivity contribution in [3.8, 4) is 0 Å². The van der Waals surface area contributed by atoms with Gasteiger partial charge < -0.3 is 4.90 Å². The van der Waals surface area contributed by atoms with Gasteiger partial charge in [0.1, 0.15) is 5.70 Å². The standard InChI is InChI=1S/C23H24N2O2/c1-24-22(26)20(19-10-6-3-7-11-19)21(23(24)27)25-14-12-18(13-15-25)16-17-8-4-2-5-9-17/h2-11,18H,12-16H2,1H3. The Hall–Kier alpha value is -2.88. The molecule has 4 rings (SSSR count). The number of rotatable bonds is 4. The summed E-state index contributed by atoms with van der Waals surface area (Å²) in [5.41, 5.74) is 3.31. The van der Waals surface area contributed by atoms with Crippen molar-refractivity contribution in [2.24, 2.45) is 5.92 Å². The molecular formula is C23H24N2O2. The molecule has 0 aliphatic carbocycles. The molecule has 27 heavy (non-hydrogen) atoms. The van der Waals surface area contributed by atoms with Gasteiger partial charge in [0.05, 0.1) is 5.57 Å². The number of carbonyl (C=O) groups excluding carboxylic acids is 2. The van der Waals surface area contributed by atoms with Gasteiger partial charge in [-0.05, 0) is 36.3 Å². The minimum atomic E-state index is -0.201. The lowest BCUT2D eigenvalue weighted by Crippen LogP contribution is -2.38. The minimum Gasteiger partial charge on any atom is -0.366 e. The van der Waals surface area contributed by atoms with Gasteiger partial charge in [-0.2, -0.15) is 0 Å². The number of likely N-dealkylation sites (tertiary alicyclic amines) is 1. The maximum absolute atomic E-state index is 12.8. The van der Waals surface area contributed by atoms with Gasteiger partial charge in [0.15, 0.2) is 0 Å². The third kappa shape index (κ3) is 3.39. The molecule has 2 heterocycles. The number of carbonyl (C=O) groups is 2. The highest BCUT2D eigenvalue weighted by Crippen LogP contribution is 2.33. The molecule has 2 aromatic carbocycles. The molecule has 2 aliphatic heterocycles. The molecule has 4 heteroatoms. The van der Waals surface area contributed by atoms with Crippen molar-refractivity contribution in [1.29, 1.82) is 0 Å². The molecule has 0 spiro atoms. The van der Waals surface area contributed by atoms with Crippen LogP contribution in [0.2, 0.25) is 0 Å². The molecule has 2 aromatic rings. The Balaban J connectivity index is 1.54. The summed E-state index contributed by atoms with van der Waals surface area (Å²) in [6.45, 7) is 1.63. The van der Waals surface area contributed by atoms with E-state index in [1.165, 1.54) is 10.5 Å². The van der Waals surface area contributed by atoms with E-state index in [4.69, 9.17) is 0 Å². The van der Waals surface area contributed by atoms with Crippen molar-refractivity contribution < 1.29 is 9.59 Å². The zero-order valence-electron chi connectivity index (χ0n) is 15.6. The zero-order chi connectivity index (χ0) is 18.8. The second kappa shape index (κ2) is 7.39. The first-order chi connectivity index (χ1) is 13.1. The SMILES string of the molecule is CN1C(=O)C(c2ccccc2)=C(N2CCC(Cc3ccccc3)CC2)C1=O. The van der Waals surface area contributed by atoms with Crippen LogP contribution in [-0.4, -0.2) is 41.8 Å². The zero-order valence-corrected chi connectivity index (χ0v) is 15.6. The molecule has 0 N–H and O–H groups in total. The number of nitrogens with zero attached hydrogens (tertiary/aromatic N) is 2. The van der Waals surface area contributed by atoms with Gasteiger partial charge in [-0.15, -0.1) is 0 Å². The summed E-state index contributed by atoms with van der Waals surface area (Å²) in [6.07, 6.45) is 3.14. The summed E-state index contributed by atoms with van der Waals surface area (Å²) in [5.74, 6) is 0.238. The van der Waals surface area contributed by atoms with Crippen molar-refractivity contribution in [3.63, 3.8) is 0 Å². The van der Waals surface area contributed by atoms with Crippen LogP contribution >= 0.6 is 0 Å². The largest absolute Gasteiger partial charge is 0.366 e. The van der Waals surface area contributed by atoms with E-state index in [-0.39, 0.29) is 11.8 Å². The lowest BCUT2D eigenvalue weighted by atomic mass is 9.89. The summed E-state index contributed by atoms with van der Waals surface area (Å²) < 4.78 is 0. The first-order valence-corrected chi connectivity index (χ1v) is 9.56. The number of hydrogen-bond donors (Lipinski definition) is 0. The van der Waals surface area contributed by atoms with Crippen LogP contribution in [0, 0.1) is 5.92 Å². The highest BCUT2D eigenvalue weighted by atomic mass is 16.2. The molecule has 4 nitrogen and oxygen atoms in total. The molecule has 138 valence electrons. The Bertz CT molecular complexity index is 866. The van der Waals surface area contributed by atoms with Crippen molar-refractivity contribution in [3.05, 3.63) is 77.5 Å². The predicted molar refractivity (Wildman–Crippen MR) is 106 cm³/mol. The number of benzene rings is 2. The fourth-order valence-electron chi connectivity index (χ4n) is 4.09. The lowest BCUT2D eigenvalue weighted by molar-refractivity contribution is -0.136. The first kappa shape index (κ1) is 17.5. The number of likely N-dealkylation sites (N-methyl/N-ethyl adjacent to an activating group) is 1. The van der Waals surface area contributed by atoms with Gasteiger partial charge in [-0.25, -0.2) is 0 Å². The molecule has 1 saturated heterocycles. The minimum absolute atomic E-state index is 0.180. The summed E-state index contributed by atoms with van der Waals surface area (Å²) in [7, 11) is 1.57. The fourth-order valence-corrected chi connectivity index (χ4v) is 4.09. The second-order valence-corrected chi connectivity index (χ2v) is 7.38. The molecule has 0 unspecified atom stereocenters. The van der Waals surface area contributed by atoms with E-state index in [1.807, 2.05) is 36.4 Å². The first-order valence-electron chi connectivity index (χ1n) is 9.56. The van der Waals surface area contributed by atoms with E-state index in [1.54, 1.807) is 7.05 Å². The fraction of sp³-hybridized carbons (Fsp3) is 0.304. The Morgan fingerprint density at radius 1 is 0.852 bits per heavy atom. The molecule has 0 bridgehead atoms. The maximum atomic E-state index is 12.8. The van der Waals surface area contributed by atoms with Crippen molar-refractivity contribution in [2.45, 2.75) is 19.3 Å². The van der Waals surface area contributed by atoms with Crippen molar-refractivity contribution in [2.75, 3.05) is 20.1 Å². The Morgan fingerprint density at radius 2 is 1.44 bits per heavy atom. The maximum Gasteiger partial charge on any atom is 0.277 e. The van der Waals surface area contributed by atoms with E-state index in [9.17, 15) is 9.59 Å². The van der Waals surface area contributed by atoms with Crippen LogP contribution in [0.1, 0.15) is 24.0 Å². The Labute approximate surface area is 160 Å². The van der Waals surface area contributed by atoms with Crippen LogP contribution in [0.15, 0.2) is 66.4 Å². The van der Waals surface area contributed by atoms with Gasteiger partial charge in [0.2, 0.25) is 0 Å².